The van der Waals surface area contributed by atoms with Gasteiger partial charge in [0.1, 0.15) is 0 Å². The lowest BCUT2D eigenvalue weighted by Gasteiger charge is -1.92. The van der Waals surface area contributed by atoms with Gasteiger partial charge in [0.05, 0.1) is 11.9 Å². The summed E-state index contributed by atoms with van der Waals surface area (Å²) in [5.41, 5.74) is 1.15. The molecule has 0 spiro atoms. The van der Waals surface area contributed by atoms with E-state index < -0.39 is 0 Å². The summed E-state index contributed by atoms with van der Waals surface area (Å²) in [4.78, 5) is 10.7. The standard InChI is InChI=1S/C7H7NOS/c1-6-3-2-4-7(5-6)10-8-9/h2-5H,1H3. The summed E-state index contributed by atoms with van der Waals surface area (Å²) in [5.74, 6) is 0. The second-order valence-electron chi connectivity index (χ2n) is 1.98. The molecule has 0 bridgehead atoms. The Morgan fingerprint density at radius 3 is 2.90 bits per heavy atom. The highest BCUT2D eigenvalue weighted by Crippen LogP contribution is 2.18. The molecule has 0 N–H and O–H groups in total. The van der Waals surface area contributed by atoms with Gasteiger partial charge in [0, 0.05) is 9.48 Å². The van der Waals surface area contributed by atoms with Gasteiger partial charge < -0.3 is 0 Å². The van der Waals surface area contributed by atoms with Gasteiger partial charge in [0.2, 0.25) is 0 Å². The van der Waals surface area contributed by atoms with Gasteiger partial charge in [0.25, 0.3) is 0 Å². The Labute approximate surface area is 63.7 Å². The molecule has 0 atom stereocenters. The summed E-state index contributed by atoms with van der Waals surface area (Å²) < 4.78 is 2.71. The molecule has 0 aliphatic carbocycles. The predicted octanol–water partition coefficient (Wildman–Crippen LogP) is 2.77. The predicted molar refractivity (Wildman–Crippen MR) is 42.8 cm³/mol. The average molecular weight is 153 g/mol. The molecule has 0 aromatic heterocycles. The van der Waals surface area contributed by atoms with Crippen LogP contribution >= 0.6 is 11.9 Å². The van der Waals surface area contributed by atoms with E-state index in [4.69, 9.17) is 0 Å². The first kappa shape index (κ1) is 7.28. The zero-order chi connectivity index (χ0) is 7.40. The molecule has 3 heteroatoms. The summed E-state index contributed by atoms with van der Waals surface area (Å²) in [6.07, 6.45) is 0. The van der Waals surface area contributed by atoms with Gasteiger partial charge in [-0.2, -0.15) is 0 Å². The van der Waals surface area contributed by atoms with E-state index >= 15 is 0 Å². The molecule has 1 aromatic carbocycles. The van der Waals surface area contributed by atoms with Crippen molar-refractivity contribution in [3.05, 3.63) is 34.7 Å². The Hall–Kier alpha value is -0.830. The minimum absolute atomic E-state index is 0.898. The summed E-state index contributed by atoms with van der Waals surface area (Å²) in [6.45, 7) is 1.98. The summed E-state index contributed by atoms with van der Waals surface area (Å²) >= 11 is 0.959. The molecule has 1 aromatic rings. The highest BCUT2D eigenvalue weighted by atomic mass is 32.2. The molecule has 0 unspecified atom stereocenters. The Kier molecular flexibility index (Phi) is 2.45. The third-order valence-corrected chi connectivity index (χ3v) is 1.67. The first-order valence-corrected chi connectivity index (χ1v) is 3.66. The van der Waals surface area contributed by atoms with Gasteiger partial charge in [0.15, 0.2) is 0 Å². The molecule has 10 heavy (non-hydrogen) atoms. The maximum absolute atomic E-state index is 9.80. The van der Waals surface area contributed by atoms with Crippen molar-refractivity contribution < 1.29 is 0 Å². The van der Waals surface area contributed by atoms with E-state index in [1.54, 1.807) is 0 Å². The Morgan fingerprint density at radius 1 is 1.50 bits per heavy atom. The van der Waals surface area contributed by atoms with E-state index in [2.05, 4.69) is 4.58 Å². The van der Waals surface area contributed by atoms with Crippen molar-refractivity contribution in [3.63, 3.8) is 0 Å². The molecular weight excluding hydrogens is 146 g/mol. The fourth-order valence-electron chi connectivity index (χ4n) is 0.715. The molecule has 0 aliphatic heterocycles. The number of aryl methyl sites for hydroxylation is 1. The lowest BCUT2D eigenvalue weighted by molar-refractivity contribution is 1.36. The van der Waals surface area contributed by atoms with Crippen molar-refractivity contribution in [1.82, 2.24) is 0 Å². The number of rotatable bonds is 2. The number of nitroso groups, excluding NO2 is 1. The second-order valence-corrected chi connectivity index (χ2v) is 2.79. The number of hydrogen-bond donors (Lipinski definition) is 0. The normalized spacial score (nSPS) is 9.30. The van der Waals surface area contributed by atoms with Crippen LogP contribution in [0, 0.1) is 11.8 Å². The van der Waals surface area contributed by atoms with E-state index in [0.29, 0.717) is 0 Å². The number of nitrogens with zero attached hydrogens (tertiary/aromatic N) is 1. The van der Waals surface area contributed by atoms with E-state index in [1.165, 1.54) is 0 Å². The zero-order valence-corrected chi connectivity index (χ0v) is 6.39. The third kappa shape index (κ3) is 1.84. The number of benzene rings is 1. The summed E-state index contributed by atoms with van der Waals surface area (Å²) in [7, 11) is 0. The van der Waals surface area contributed by atoms with Crippen molar-refractivity contribution in [1.29, 1.82) is 0 Å². The lowest BCUT2D eigenvalue weighted by Crippen LogP contribution is -1.70. The molecule has 0 aliphatic rings. The highest BCUT2D eigenvalue weighted by molar-refractivity contribution is 7.98. The van der Waals surface area contributed by atoms with Crippen LogP contribution in [0.1, 0.15) is 5.56 Å². The van der Waals surface area contributed by atoms with Crippen LogP contribution in [0.4, 0.5) is 0 Å². The van der Waals surface area contributed by atoms with E-state index in [1.807, 2.05) is 31.2 Å². The molecule has 0 amide bonds. The summed E-state index contributed by atoms with van der Waals surface area (Å²) in [5, 5.41) is 0. The molecule has 0 fully saturated rings. The van der Waals surface area contributed by atoms with Gasteiger partial charge in [-0.1, -0.05) is 12.1 Å². The number of hydrogen-bond acceptors (Lipinski definition) is 3. The van der Waals surface area contributed by atoms with Crippen molar-refractivity contribution in [2.45, 2.75) is 11.8 Å². The zero-order valence-electron chi connectivity index (χ0n) is 5.57. The fraction of sp³-hybridized carbons (Fsp3) is 0.143. The minimum atomic E-state index is 0.898. The quantitative estimate of drug-likeness (QED) is 0.483. The Morgan fingerprint density at radius 2 is 2.30 bits per heavy atom. The molecular formula is C7H7NOS. The van der Waals surface area contributed by atoms with Crippen LogP contribution in [0.5, 0.6) is 0 Å². The molecule has 0 heterocycles. The van der Waals surface area contributed by atoms with Gasteiger partial charge in [-0.3, -0.25) is 0 Å². The highest BCUT2D eigenvalue weighted by Gasteiger charge is 1.91. The molecule has 0 saturated carbocycles. The van der Waals surface area contributed by atoms with E-state index in [0.717, 1.165) is 22.4 Å². The average Bonchev–Trinajstić information content (AvgIpc) is 1.88. The molecule has 52 valence electrons. The smallest absolute Gasteiger partial charge is 0.0570 e. The van der Waals surface area contributed by atoms with E-state index in [-0.39, 0.29) is 0 Å². The third-order valence-electron chi connectivity index (χ3n) is 1.13. The maximum Gasteiger partial charge on any atom is 0.0570 e. The first-order valence-electron chi connectivity index (χ1n) is 2.89. The summed E-state index contributed by atoms with van der Waals surface area (Å²) in [6, 6.07) is 7.67. The van der Waals surface area contributed by atoms with Crippen LogP contribution in [0.2, 0.25) is 0 Å². The van der Waals surface area contributed by atoms with Gasteiger partial charge >= 0.3 is 0 Å². The Bertz CT molecular complexity index is 237. The molecule has 1 rings (SSSR count). The first-order chi connectivity index (χ1) is 4.83. The monoisotopic (exact) mass is 153 g/mol. The van der Waals surface area contributed by atoms with Gasteiger partial charge in [-0.15, -0.1) is 4.91 Å². The van der Waals surface area contributed by atoms with E-state index in [9.17, 15) is 4.91 Å². The second kappa shape index (κ2) is 3.37. The molecule has 0 radical (unpaired) electrons. The minimum Gasteiger partial charge on any atom is -0.137 e. The van der Waals surface area contributed by atoms with Crippen LogP contribution < -0.4 is 0 Å². The van der Waals surface area contributed by atoms with Crippen molar-refractivity contribution in [2.24, 2.45) is 4.58 Å². The van der Waals surface area contributed by atoms with Crippen LogP contribution in [0.25, 0.3) is 0 Å². The van der Waals surface area contributed by atoms with Crippen molar-refractivity contribution in [2.75, 3.05) is 0 Å². The fourth-order valence-corrected chi connectivity index (χ4v) is 1.18. The van der Waals surface area contributed by atoms with Gasteiger partial charge in [-0.05, 0) is 24.6 Å². The van der Waals surface area contributed by atoms with Crippen molar-refractivity contribution in [3.8, 4) is 0 Å². The lowest BCUT2D eigenvalue weighted by atomic mass is 10.2. The topological polar surface area (TPSA) is 29.4 Å². The molecule has 0 saturated heterocycles. The van der Waals surface area contributed by atoms with Crippen LogP contribution in [0.3, 0.4) is 0 Å². The maximum atomic E-state index is 9.80. The van der Waals surface area contributed by atoms with Crippen LogP contribution in [-0.4, -0.2) is 0 Å². The van der Waals surface area contributed by atoms with Crippen LogP contribution in [0.15, 0.2) is 33.7 Å². The van der Waals surface area contributed by atoms with Gasteiger partial charge in [-0.25, -0.2) is 0 Å². The SMILES string of the molecule is Cc1cccc(SN=O)c1. The van der Waals surface area contributed by atoms with Crippen molar-refractivity contribution >= 4 is 11.9 Å². The Balaban J connectivity index is 2.84. The largest absolute Gasteiger partial charge is 0.137 e. The molecule has 2 nitrogen and oxygen atoms in total. The van der Waals surface area contributed by atoms with Crippen LogP contribution in [-0.2, 0) is 0 Å².